The summed E-state index contributed by atoms with van der Waals surface area (Å²) in [6.45, 7) is -0.219. The normalized spacial score (nSPS) is 11.4. The average Bonchev–Trinajstić information content (AvgIpc) is 3.45. The molecule has 0 spiro atoms. The molecule has 10 nitrogen and oxygen atoms in total. The maximum absolute atomic E-state index is 14.1. The van der Waals surface area contributed by atoms with Gasteiger partial charge >= 0.3 is 5.69 Å². The largest absolute Gasteiger partial charge is 0.496 e. The molecule has 0 saturated heterocycles. The summed E-state index contributed by atoms with van der Waals surface area (Å²) in [4.78, 5) is 29.6. The topological polar surface area (TPSA) is 122 Å². The molecule has 0 aliphatic heterocycles. The van der Waals surface area contributed by atoms with Crippen molar-refractivity contribution in [1.29, 1.82) is 0 Å². The lowest BCUT2D eigenvalue weighted by atomic mass is 10.2. The van der Waals surface area contributed by atoms with Gasteiger partial charge in [0.1, 0.15) is 23.8 Å². The third-order valence-corrected chi connectivity index (χ3v) is 7.20. The number of benzene rings is 4. The molecule has 0 saturated carbocycles. The number of methoxy groups -OCH3 is 1. The van der Waals surface area contributed by atoms with Crippen molar-refractivity contribution in [2.24, 2.45) is 5.10 Å². The Labute approximate surface area is 250 Å². The van der Waals surface area contributed by atoms with Gasteiger partial charge in [-0.05, 0) is 58.4 Å². The van der Waals surface area contributed by atoms with Crippen LogP contribution >= 0.6 is 15.9 Å². The number of ether oxygens (including phenoxy) is 2. The van der Waals surface area contributed by atoms with Crippen LogP contribution in [0.4, 0.5) is 10.1 Å². The third kappa shape index (κ3) is 5.35. The molecule has 0 aliphatic rings. The summed E-state index contributed by atoms with van der Waals surface area (Å²) in [6, 6.07) is 22.6. The number of para-hydroxylation sites is 1. The van der Waals surface area contributed by atoms with E-state index in [1.165, 1.54) is 30.5 Å². The highest BCUT2D eigenvalue weighted by molar-refractivity contribution is 9.10. The van der Waals surface area contributed by atoms with Crippen molar-refractivity contribution in [3.63, 3.8) is 0 Å². The number of nitrogens with zero attached hydrogens (tertiary/aromatic N) is 4. The van der Waals surface area contributed by atoms with Gasteiger partial charge in [0.05, 0.1) is 39.0 Å². The molecular weight excluding hydrogens is 623 g/mol. The molecule has 6 aromatic rings. The molecular formula is C31H20BrFN4O6. The number of fused-ring (bicyclic) bond motifs is 2. The Kier molecular flexibility index (Phi) is 7.43. The summed E-state index contributed by atoms with van der Waals surface area (Å²) in [5, 5.41) is 17.3. The molecule has 0 unspecified atom stereocenters. The van der Waals surface area contributed by atoms with Gasteiger partial charge in [0.2, 0.25) is 11.6 Å². The first-order valence-corrected chi connectivity index (χ1v) is 13.6. The second-order valence-corrected chi connectivity index (χ2v) is 10.1. The highest BCUT2D eigenvalue weighted by Gasteiger charge is 2.22. The maximum atomic E-state index is 14.1. The van der Waals surface area contributed by atoms with Crippen LogP contribution in [0.1, 0.15) is 11.1 Å². The van der Waals surface area contributed by atoms with Gasteiger partial charge in [0.15, 0.2) is 5.76 Å². The fourth-order valence-corrected chi connectivity index (χ4v) is 5.14. The number of rotatable bonds is 8. The van der Waals surface area contributed by atoms with Crippen molar-refractivity contribution in [1.82, 2.24) is 9.66 Å². The van der Waals surface area contributed by atoms with Crippen molar-refractivity contribution in [2.45, 2.75) is 6.61 Å². The molecule has 12 heteroatoms. The first-order chi connectivity index (χ1) is 20.8. The van der Waals surface area contributed by atoms with Crippen molar-refractivity contribution >= 4 is 49.7 Å². The van der Waals surface area contributed by atoms with Gasteiger partial charge in [-0.3, -0.25) is 14.9 Å². The van der Waals surface area contributed by atoms with Crippen LogP contribution in [0, 0.1) is 15.9 Å². The zero-order chi connectivity index (χ0) is 30.1. The Morgan fingerprint density at radius 1 is 1.07 bits per heavy atom. The van der Waals surface area contributed by atoms with Crippen LogP contribution in [0.15, 0.2) is 104 Å². The van der Waals surface area contributed by atoms with Crippen LogP contribution in [0.3, 0.4) is 0 Å². The molecule has 0 aliphatic carbocycles. The van der Waals surface area contributed by atoms with Crippen molar-refractivity contribution in [3.05, 3.63) is 127 Å². The number of aromatic nitrogens is 2. The van der Waals surface area contributed by atoms with Gasteiger partial charge in [0, 0.05) is 17.2 Å². The highest BCUT2D eigenvalue weighted by atomic mass is 79.9. The standard InChI is InChI=1S/C31H20BrFN4O6/c1-41-26-11-6-12-27-21(26)15-28(43-27)30-35-24-10-5-3-8-20(24)31(38)36(30)34-16-18-13-22(32)29(25(14-18)37(39)40)42-17-19-7-2-4-9-23(19)33/h2-16H,17H2,1H3. The van der Waals surface area contributed by atoms with E-state index in [4.69, 9.17) is 13.9 Å². The first-order valence-electron chi connectivity index (χ1n) is 12.8. The SMILES string of the molecule is COc1cccc2oc(-c3nc4ccccc4c(=O)n3N=Cc3cc(Br)c(OCc4ccccc4F)c([N+](=O)[O-])c3)cc12. The molecule has 2 aromatic heterocycles. The lowest BCUT2D eigenvalue weighted by Gasteiger charge is -2.10. The molecule has 0 atom stereocenters. The molecule has 6 rings (SSSR count). The number of nitro groups is 1. The summed E-state index contributed by atoms with van der Waals surface area (Å²) in [5.41, 5.74) is 0.653. The fraction of sp³-hybridized carbons (Fsp3) is 0.0645. The maximum Gasteiger partial charge on any atom is 0.312 e. The van der Waals surface area contributed by atoms with Crippen LogP contribution in [0.5, 0.6) is 11.5 Å². The summed E-state index contributed by atoms with van der Waals surface area (Å²) in [5.74, 6) is 0.408. The molecule has 214 valence electrons. The third-order valence-electron chi connectivity index (χ3n) is 6.61. The van der Waals surface area contributed by atoms with Gasteiger partial charge in [-0.15, -0.1) is 0 Å². The number of hydrogen-bond acceptors (Lipinski definition) is 8. The molecule has 0 fully saturated rings. The Balaban J connectivity index is 1.43. The molecule has 0 radical (unpaired) electrons. The van der Waals surface area contributed by atoms with E-state index in [0.29, 0.717) is 27.6 Å². The average molecular weight is 643 g/mol. The lowest BCUT2D eigenvalue weighted by molar-refractivity contribution is -0.386. The van der Waals surface area contributed by atoms with E-state index >= 15 is 0 Å². The molecule has 43 heavy (non-hydrogen) atoms. The van der Waals surface area contributed by atoms with Crippen LogP contribution in [-0.4, -0.2) is 27.9 Å². The Bertz CT molecular complexity index is 2120. The zero-order valence-electron chi connectivity index (χ0n) is 22.4. The van der Waals surface area contributed by atoms with Gasteiger partial charge in [0.25, 0.3) is 5.56 Å². The van der Waals surface area contributed by atoms with E-state index in [0.717, 1.165) is 4.68 Å². The Morgan fingerprint density at radius 2 is 1.86 bits per heavy atom. The first kappa shape index (κ1) is 27.8. The fourth-order valence-electron chi connectivity index (χ4n) is 4.55. The monoisotopic (exact) mass is 642 g/mol. The lowest BCUT2D eigenvalue weighted by Crippen LogP contribution is -2.20. The molecule has 0 bridgehead atoms. The van der Waals surface area contributed by atoms with Crippen molar-refractivity contribution in [3.8, 4) is 23.1 Å². The molecule has 4 aromatic carbocycles. The number of nitro benzene ring substituents is 1. The van der Waals surface area contributed by atoms with E-state index in [9.17, 15) is 19.3 Å². The predicted octanol–water partition coefficient (Wildman–Crippen LogP) is 7.09. The van der Waals surface area contributed by atoms with E-state index in [1.54, 1.807) is 67.8 Å². The summed E-state index contributed by atoms with van der Waals surface area (Å²) < 4.78 is 32.5. The highest BCUT2D eigenvalue weighted by Crippen LogP contribution is 2.37. The van der Waals surface area contributed by atoms with E-state index in [-0.39, 0.29) is 45.2 Å². The smallest absolute Gasteiger partial charge is 0.312 e. The van der Waals surface area contributed by atoms with E-state index in [2.05, 4.69) is 26.0 Å². The summed E-state index contributed by atoms with van der Waals surface area (Å²) >= 11 is 3.32. The number of furan rings is 1. The molecule has 0 N–H and O–H groups in total. The van der Waals surface area contributed by atoms with Gasteiger partial charge < -0.3 is 13.9 Å². The van der Waals surface area contributed by atoms with E-state index in [1.807, 2.05) is 0 Å². The minimum absolute atomic E-state index is 0.0770. The Morgan fingerprint density at radius 3 is 2.65 bits per heavy atom. The van der Waals surface area contributed by atoms with Crippen LogP contribution in [0.2, 0.25) is 0 Å². The van der Waals surface area contributed by atoms with Gasteiger partial charge in [-0.25, -0.2) is 9.37 Å². The molecule has 2 heterocycles. The van der Waals surface area contributed by atoms with Gasteiger partial charge in [-0.1, -0.05) is 36.4 Å². The number of halogens is 2. The summed E-state index contributed by atoms with van der Waals surface area (Å²) in [6.07, 6.45) is 1.29. The minimum Gasteiger partial charge on any atom is -0.496 e. The number of hydrogen-bond donors (Lipinski definition) is 0. The predicted molar refractivity (Wildman–Crippen MR) is 162 cm³/mol. The minimum atomic E-state index is -0.615. The van der Waals surface area contributed by atoms with Crippen molar-refractivity contribution < 1.29 is 23.2 Å². The van der Waals surface area contributed by atoms with E-state index < -0.39 is 16.3 Å². The second kappa shape index (κ2) is 11.5. The zero-order valence-corrected chi connectivity index (χ0v) is 23.9. The molecule has 0 amide bonds. The Hall–Kier alpha value is -5.36. The van der Waals surface area contributed by atoms with Gasteiger partial charge in [-0.2, -0.15) is 9.78 Å². The van der Waals surface area contributed by atoms with Crippen LogP contribution < -0.4 is 15.0 Å². The van der Waals surface area contributed by atoms with Crippen molar-refractivity contribution in [2.75, 3.05) is 7.11 Å². The quantitative estimate of drug-likeness (QED) is 0.0986. The summed E-state index contributed by atoms with van der Waals surface area (Å²) in [7, 11) is 1.55. The second-order valence-electron chi connectivity index (χ2n) is 9.28. The van der Waals surface area contributed by atoms with Crippen LogP contribution in [-0.2, 0) is 6.61 Å². The van der Waals surface area contributed by atoms with Crippen LogP contribution in [0.25, 0.3) is 33.5 Å².